The lowest BCUT2D eigenvalue weighted by Crippen LogP contribution is -2.39. The van der Waals surface area contributed by atoms with Crippen LogP contribution in [0.25, 0.3) is 0 Å². The van der Waals surface area contributed by atoms with Crippen LogP contribution in [0.5, 0.6) is 0 Å². The lowest BCUT2D eigenvalue weighted by molar-refractivity contribution is -0.163. The van der Waals surface area contributed by atoms with Crippen LogP contribution in [0, 0.1) is 5.41 Å². The third kappa shape index (κ3) is 3.50. The fourth-order valence-corrected chi connectivity index (χ4v) is 2.56. The van der Waals surface area contributed by atoms with E-state index in [0.717, 1.165) is 5.56 Å². The Morgan fingerprint density at radius 3 is 2.44 bits per heavy atom. The van der Waals surface area contributed by atoms with Crippen molar-refractivity contribution in [3.8, 4) is 0 Å². The smallest absolute Gasteiger partial charge is 0.323 e. The minimum Gasteiger partial charge on any atom is -0.480 e. The van der Waals surface area contributed by atoms with E-state index in [1.54, 1.807) is 0 Å². The van der Waals surface area contributed by atoms with Crippen LogP contribution >= 0.6 is 11.8 Å². The summed E-state index contributed by atoms with van der Waals surface area (Å²) >= 11 is 1.40. The summed E-state index contributed by atoms with van der Waals surface area (Å²) in [6.45, 7) is 1.39. The van der Waals surface area contributed by atoms with E-state index >= 15 is 0 Å². The van der Waals surface area contributed by atoms with Gasteiger partial charge in [-0.05, 0) is 12.5 Å². The molecule has 0 aliphatic heterocycles. The van der Waals surface area contributed by atoms with Crippen LogP contribution in [0.1, 0.15) is 12.5 Å². The number of hydrogen-bond acceptors (Lipinski definition) is 4. The van der Waals surface area contributed by atoms with Gasteiger partial charge in [0.2, 0.25) is 0 Å². The maximum absolute atomic E-state index is 11.5. The van der Waals surface area contributed by atoms with Crippen molar-refractivity contribution in [3.05, 3.63) is 35.9 Å². The Morgan fingerprint density at radius 2 is 1.94 bits per heavy atom. The third-order valence-electron chi connectivity index (χ3n) is 2.61. The molecule has 1 aromatic rings. The van der Waals surface area contributed by atoms with E-state index in [0.29, 0.717) is 5.75 Å². The Hall–Kier alpha value is -1.49. The number of esters is 1. The molecule has 0 bridgehead atoms. The lowest BCUT2D eigenvalue weighted by Gasteiger charge is -2.21. The minimum absolute atomic E-state index is 0.184. The molecular formula is C13H16O4S. The summed E-state index contributed by atoms with van der Waals surface area (Å²) in [7, 11) is 1.20. The number of hydrogen-bond donors (Lipinski definition) is 1. The highest BCUT2D eigenvalue weighted by atomic mass is 32.2. The molecule has 0 saturated heterocycles. The van der Waals surface area contributed by atoms with Gasteiger partial charge < -0.3 is 9.84 Å². The monoisotopic (exact) mass is 268 g/mol. The van der Waals surface area contributed by atoms with Crippen LogP contribution in [0.15, 0.2) is 30.3 Å². The highest BCUT2D eigenvalue weighted by Crippen LogP contribution is 2.26. The van der Waals surface area contributed by atoms with Crippen molar-refractivity contribution in [2.75, 3.05) is 12.9 Å². The second-order valence-corrected chi connectivity index (χ2v) is 5.09. The van der Waals surface area contributed by atoms with E-state index in [9.17, 15) is 9.59 Å². The van der Waals surface area contributed by atoms with E-state index in [-0.39, 0.29) is 5.75 Å². The Bertz CT molecular complexity index is 418. The van der Waals surface area contributed by atoms with E-state index in [2.05, 4.69) is 4.74 Å². The van der Waals surface area contributed by atoms with Crippen molar-refractivity contribution < 1.29 is 19.4 Å². The first-order chi connectivity index (χ1) is 8.50. The number of ether oxygens (including phenoxy) is 1. The van der Waals surface area contributed by atoms with Gasteiger partial charge in [0, 0.05) is 11.5 Å². The van der Waals surface area contributed by atoms with Crippen LogP contribution in [-0.2, 0) is 20.1 Å². The zero-order valence-corrected chi connectivity index (χ0v) is 11.2. The standard InChI is InChI=1S/C13H16O4S/c1-13(11(14)15,12(16)17-2)9-18-8-10-6-4-3-5-7-10/h3-7H,8-9H2,1-2H3,(H,14,15)/t13-/m0/s1. The number of carboxylic acids is 1. The molecule has 5 heteroatoms. The number of thioether (sulfide) groups is 1. The van der Waals surface area contributed by atoms with E-state index in [4.69, 9.17) is 5.11 Å². The van der Waals surface area contributed by atoms with Gasteiger partial charge >= 0.3 is 11.9 Å². The Kier molecular flexibility index (Phi) is 5.22. The van der Waals surface area contributed by atoms with Crippen molar-refractivity contribution in [2.45, 2.75) is 12.7 Å². The number of methoxy groups -OCH3 is 1. The topological polar surface area (TPSA) is 63.6 Å². The summed E-state index contributed by atoms with van der Waals surface area (Å²) in [5.74, 6) is -1.02. The second kappa shape index (κ2) is 6.44. The molecule has 0 aliphatic rings. The van der Waals surface area contributed by atoms with E-state index in [1.165, 1.54) is 25.8 Å². The van der Waals surface area contributed by atoms with Crippen molar-refractivity contribution in [1.82, 2.24) is 0 Å². The molecule has 1 rings (SSSR count). The van der Waals surface area contributed by atoms with Gasteiger partial charge in [0.25, 0.3) is 0 Å². The molecule has 0 amide bonds. The summed E-state index contributed by atoms with van der Waals surface area (Å²) in [6, 6.07) is 9.69. The molecule has 4 nitrogen and oxygen atoms in total. The predicted octanol–water partition coefficient (Wildman–Crippen LogP) is 2.18. The van der Waals surface area contributed by atoms with Gasteiger partial charge in [-0.1, -0.05) is 30.3 Å². The quantitative estimate of drug-likeness (QED) is 0.633. The summed E-state index contributed by atoms with van der Waals surface area (Å²) in [6.07, 6.45) is 0. The van der Waals surface area contributed by atoms with Crippen LogP contribution < -0.4 is 0 Å². The van der Waals surface area contributed by atoms with Gasteiger partial charge in [0.1, 0.15) is 0 Å². The SMILES string of the molecule is COC(=O)[C@@](C)(CSCc1ccccc1)C(=O)O. The number of benzene rings is 1. The number of carbonyl (C=O) groups is 2. The summed E-state index contributed by atoms with van der Waals surface area (Å²) in [4.78, 5) is 22.7. The Balaban J connectivity index is 2.59. The molecule has 0 aromatic heterocycles. The first kappa shape index (κ1) is 14.6. The molecule has 1 aromatic carbocycles. The fraction of sp³-hybridized carbons (Fsp3) is 0.385. The number of carboxylic acid groups (broad SMARTS) is 1. The molecule has 1 atom stereocenters. The van der Waals surface area contributed by atoms with Crippen molar-refractivity contribution >= 4 is 23.7 Å². The van der Waals surface area contributed by atoms with Crippen LogP contribution in [-0.4, -0.2) is 29.9 Å². The second-order valence-electron chi connectivity index (χ2n) is 4.11. The van der Waals surface area contributed by atoms with Gasteiger partial charge in [-0.25, -0.2) is 0 Å². The Labute approximate surface area is 110 Å². The molecule has 18 heavy (non-hydrogen) atoms. The zero-order chi connectivity index (χ0) is 13.6. The molecule has 1 N–H and O–H groups in total. The van der Waals surface area contributed by atoms with Crippen molar-refractivity contribution in [3.63, 3.8) is 0 Å². The summed E-state index contributed by atoms with van der Waals surface area (Å²) in [5.41, 5.74) is -0.395. The molecule has 0 spiro atoms. The summed E-state index contributed by atoms with van der Waals surface area (Å²) < 4.78 is 4.55. The Morgan fingerprint density at radius 1 is 1.33 bits per heavy atom. The molecular weight excluding hydrogens is 252 g/mol. The minimum atomic E-state index is -1.49. The highest BCUT2D eigenvalue weighted by Gasteiger charge is 2.42. The van der Waals surface area contributed by atoms with Crippen LogP contribution in [0.2, 0.25) is 0 Å². The first-order valence-corrected chi connectivity index (χ1v) is 6.59. The number of aliphatic carboxylic acids is 1. The highest BCUT2D eigenvalue weighted by molar-refractivity contribution is 7.98. The molecule has 0 aliphatic carbocycles. The number of carbonyl (C=O) groups excluding carboxylic acids is 1. The third-order valence-corrected chi connectivity index (χ3v) is 3.93. The van der Waals surface area contributed by atoms with Gasteiger partial charge in [-0.2, -0.15) is 11.8 Å². The van der Waals surface area contributed by atoms with Gasteiger partial charge in [0.05, 0.1) is 7.11 Å². The van der Waals surface area contributed by atoms with Crippen molar-refractivity contribution in [2.24, 2.45) is 5.41 Å². The fourth-order valence-electron chi connectivity index (χ4n) is 1.38. The normalized spacial score (nSPS) is 13.7. The van der Waals surface area contributed by atoms with Crippen LogP contribution in [0.4, 0.5) is 0 Å². The van der Waals surface area contributed by atoms with E-state index in [1.807, 2.05) is 30.3 Å². The molecule has 98 valence electrons. The van der Waals surface area contributed by atoms with Gasteiger partial charge in [-0.3, -0.25) is 9.59 Å². The molecule has 0 fully saturated rings. The molecule has 0 radical (unpaired) electrons. The molecule has 0 unspecified atom stereocenters. The average Bonchev–Trinajstić information content (AvgIpc) is 2.38. The molecule has 0 heterocycles. The van der Waals surface area contributed by atoms with E-state index < -0.39 is 17.4 Å². The van der Waals surface area contributed by atoms with Crippen molar-refractivity contribution in [1.29, 1.82) is 0 Å². The van der Waals surface area contributed by atoms with Gasteiger partial charge in [-0.15, -0.1) is 0 Å². The maximum Gasteiger partial charge on any atom is 0.323 e. The van der Waals surface area contributed by atoms with Crippen LogP contribution in [0.3, 0.4) is 0 Å². The predicted molar refractivity (Wildman–Crippen MR) is 70.4 cm³/mol. The zero-order valence-electron chi connectivity index (χ0n) is 10.4. The largest absolute Gasteiger partial charge is 0.480 e. The molecule has 0 saturated carbocycles. The first-order valence-electron chi connectivity index (χ1n) is 5.44. The summed E-state index contributed by atoms with van der Waals surface area (Å²) in [5, 5.41) is 9.12. The lowest BCUT2D eigenvalue weighted by atomic mass is 9.94. The number of rotatable bonds is 6. The average molecular weight is 268 g/mol. The maximum atomic E-state index is 11.5. The van der Waals surface area contributed by atoms with Gasteiger partial charge in [0.15, 0.2) is 5.41 Å².